The molecule has 1 rings (SSSR count). The molecule has 3 heteroatoms. The maximum Gasteiger partial charge on any atom is 0.306 e. The van der Waals surface area contributed by atoms with Crippen molar-refractivity contribution in [3.05, 3.63) is 35.4 Å². The molecule has 14 heavy (non-hydrogen) atoms. The van der Waals surface area contributed by atoms with Crippen molar-refractivity contribution < 1.29 is 9.90 Å². The van der Waals surface area contributed by atoms with Crippen LogP contribution in [0.5, 0.6) is 0 Å². The predicted octanol–water partition coefficient (Wildman–Crippen LogP) is 1.41. The standard InChI is InChI=1S/C11H15NO2/c1-8(11(13)14)6-9-2-4-10(7-12)5-3-9/h2-5,8H,6-7,12H2,1H3,(H,13,14). The quantitative estimate of drug-likeness (QED) is 0.759. The minimum Gasteiger partial charge on any atom is -0.481 e. The molecule has 1 aromatic carbocycles. The van der Waals surface area contributed by atoms with Gasteiger partial charge in [0.05, 0.1) is 5.92 Å². The minimum absolute atomic E-state index is 0.335. The van der Waals surface area contributed by atoms with Crippen LogP contribution in [0.1, 0.15) is 18.1 Å². The molecule has 3 nitrogen and oxygen atoms in total. The maximum absolute atomic E-state index is 10.6. The zero-order valence-electron chi connectivity index (χ0n) is 8.23. The van der Waals surface area contributed by atoms with Crippen LogP contribution < -0.4 is 5.73 Å². The second kappa shape index (κ2) is 4.77. The molecule has 3 N–H and O–H groups in total. The van der Waals surface area contributed by atoms with Gasteiger partial charge in [0.2, 0.25) is 0 Å². The lowest BCUT2D eigenvalue weighted by molar-refractivity contribution is -0.141. The fourth-order valence-corrected chi connectivity index (χ4v) is 1.25. The summed E-state index contributed by atoms with van der Waals surface area (Å²) >= 11 is 0. The molecule has 0 saturated heterocycles. The molecule has 0 aliphatic heterocycles. The van der Waals surface area contributed by atoms with E-state index in [0.29, 0.717) is 13.0 Å². The van der Waals surface area contributed by atoms with Gasteiger partial charge in [-0.1, -0.05) is 31.2 Å². The van der Waals surface area contributed by atoms with Crippen molar-refractivity contribution in [2.45, 2.75) is 19.9 Å². The first-order chi connectivity index (χ1) is 6.63. The van der Waals surface area contributed by atoms with Gasteiger partial charge in [0.15, 0.2) is 0 Å². The Labute approximate surface area is 83.6 Å². The van der Waals surface area contributed by atoms with Crippen molar-refractivity contribution in [1.29, 1.82) is 0 Å². The summed E-state index contributed by atoms with van der Waals surface area (Å²) in [5.41, 5.74) is 7.56. The first-order valence-electron chi connectivity index (χ1n) is 4.64. The highest BCUT2D eigenvalue weighted by molar-refractivity contribution is 5.69. The van der Waals surface area contributed by atoms with E-state index in [-0.39, 0.29) is 5.92 Å². The molecule has 0 fully saturated rings. The Kier molecular flexibility index (Phi) is 3.65. The number of carbonyl (C=O) groups is 1. The second-order valence-electron chi connectivity index (χ2n) is 3.46. The Morgan fingerprint density at radius 3 is 2.29 bits per heavy atom. The first kappa shape index (κ1) is 10.7. The number of carboxylic acids is 1. The lowest BCUT2D eigenvalue weighted by atomic mass is 10.0. The molecule has 1 aromatic rings. The van der Waals surface area contributed by atoms with Crippen molar-refractivity contribution in [2.75, 3.05) is 0 Å². The highest BCUT2D eigenvalue weighted by atomic mass is 16.4. The third-order valence-corrected chi connectivity index (χ3v) is 2.22. The van der Waals surface area contributed by atoms with E-state index >= 15 is 0 Å². The summed E-state index contributed by atoms with van der Waals surface area (Å²) in [5, 5.41) is 8.72. The van der Waals surface area contributed by atoms with Crippen LogP contribution in [0.15, 0.2) is 24.3 Å². The van der Waals surface area contributed by atoms with Crippen molar-refractivity contribution in [3.63, 3.8) is 0 Å². The smallest absolute Gasteiger partial charge is 0.306 e. The lowest BCUT2D eigenvalue weighted by Gasteiger charge is -2.06. The average molecular weight is 193 g/mol. The topological polar surface area (TPSA) is 63.3 Å². The van der Waals surface area contributed by atoms with Gasteiger partial charge >= 0.3 is 5.97 Å². The van der Waals surface area contributed by atoms with E-state index in [9.17, 15) is 4.79 Å². The fourth-order valence-electron chi connectivity index (χ4n) is 1.25. The number of aliphatic carboxylic acids is 1. The Hall–Kier alpha value is -1.35. The van der Waals surface area contributed by atoms with Crippen molar-refractivity contribution in [3.8, 4) is 0 Å². The van der Waals surface area contributed by atoms with E-state index in [2.05, 4.69) is 0 Å². The first-order valence-corrected chi connectivity index (χ1v) is 4.64. The van der Waals surface area contributed by atoms with Crippen molar-refractivity contribution >= 4 is 5.97 Å². The summed E-state index contributed by atoms with van der Waals surface area (Å²) in [6, 6.07) is 7.73. The average Bonchev–Trinajstić information content (AvgIpc) is 2.19. The maximum atomic E-state index is 10.6. The molecule has 0 aromatic heterocycles. The monoisotopic (exact) mass is 193 g/mol. The molecule has 0 aliphatic rings. The zero-order chi connectivity index (χ0) is 10.6. The number of nitrogens with two attached hydrogens (primary N) is 1. The van der Waals surface area contributed by atoms with Gasteiger partial charge in [0, 0.05) is 6.54 Å². The summed E-state index contributed by atoms with van der Waals surface area (Å²) in [6.07, 6.45) is 0.570. The van der Waals surface area contributed by atoms with Gasteiger partial charge in [-0.15, -0.1) is 0 Å². The van der Waals surface area contributed by atoms with Crippen LogP contribution in [0, 0.1) is 5.92 Å². The normalized spacial score (nSPS) is 12.4. The fraction of sp³-hybridized carbons (Fsp3) is 0.364. The van der Waals surface area contributed by atoms with Crippen LogP contribution in [0.4, 0.5) is 0 Å². The Balaban J connectivity index is 2.64. The van der Waals surface area contributed by atoms with Crippen molar-refractivity contribution in [2.24, 2.45) is 11.7 Å². The van der Waals surface area contributed by atoms with E-state index in [1.807, 2.05) is 24.3 Å². The Bertz CT molecular complexity index is 306. The van der Waals surface area contributed by atoms with Crippen LogP contribution >= 0.6 is 0 Å². The minimum atomic E-state index is -0.757. The SMILES string of the molecule is CC(Cc1ccc(CN)cc1)C(=O)O. The van der Waals surface area contributed by atoms with Crippen LogP contribution in [0.2, 0.25) is 0 Å². The van der Waals surface area contributed by atoms with E-state index in [1.165, 1.54) is 0 Å². The Morgan fingerprint density at radius 1 is 1.36 bits per heavy atom. The number of hydrogen-bond acceptors (Lipinski definition) is 2. The lowest BCUT2D eigenvalue weighted by Crippen LogP contribution is -2.12. The summed E-state index contributed by atoms with van der Waals surface area (Å²) in [5.74, 6) is -1.09. The number of carboxylic acid groups (broad SMARTS) is 1. The molecule has 0 radical (unpaired) electrons. The highest BCUT2D eigenvalue weighted by Crippen LogP contribution is 2.10. The van der Waals surface area contributed by atoms with Gasteiger partial charge in [-0.2, -0.15) is 0 Å². The number of hydrogen-bond donors (Lipinski definition) is 2. The molecule has 0 amide bonds. The molecule has 1 atom stereocenters. The molecule has 1 unspecified atom stereocenters. The third-order valence-electron chi connectivity index (χ3n) is 2.22. The largest absolute Gasteiger partial charge is 0.481 e. The van der Waals surface area contributed by atoms with E-state index in [0.717, 1.165) is 11.1 Å². The Morgan fingerprint density at radius 2 is 1.86 bits per heavy atom. The molecule has 0 spiro atoms. The molecular formula is C11H15NO2. The van der Waals surface area contributed by atoms with E-state index in [4.69, 9.17) is 10.8 Å². The summed E-state index contributed by atoms with van der Waals surface area (Å²) in [4.78, 5) is 10.6. The summed E-state index contributed by atoms with van der Waals surface area (Å²) in [6.45, 7) is 2.23. The summed E-state index contributed by atoms with van der Waals surface area (Å²) < 4.78 is 0. The molecule has 0 saturated carbocycles. The number of rotatable bonds is 4. The molecule has 0 heterocycles. The zero-order valence-corrected chi connectivity index (χ0v) is 8.23. The van der Waals surface area contributed by atoms with Gasteiger partial charge < -0.3 is 10.8 Å². The van der Waals surface area contributed by atoms with Gasteiger partial charge in [-0.25, -0.2) is 0 Å². The van der Waals surface area contributed by atoms with E-state index < -0.39 is 5.97 Å². The molecular weight excluding hydrogens is 178 g/mol. The van der Waals surface area contributed by atoms with Crippen LogP contribution in [0.25, 0.3) is 0 Å². The summed E-state index contributed by atoms with van der Waals surface area (Å²) in [7, 11) is 0. The molecule has 0 bridgehead atoms. The van der Waals surface area contributed by atoms with Crippen LogP contribution in [0.3, 0.4) is 0 Å². The van der Waals surface area contributed by atoms with Gasteiger partial charge in [0.1, 0.15) is 0 Å². The second-order valence-corrected chi connectivity index (χ2v) is 3.46. The third kappa shape index (κ3) is 2.85. The van der Waals surface area contributed by atoms with Gasteiger partial charge in [0.25, 0.3) is 0 Å². The van der Waals surface area contributed by atoms with E-state index in [1.54, 1.807) is 6.92 Å². The molecule has 0 aliphatic carbocycles. The van der Waals surface area contributed by atoms with Crippen LogP contribution in [-0.2, 0) is 17.8 Å². The van der Waals surface area contributed by atoms with Gasteiger partial charge in [-0.3, -0.25) is 4.79 Å². The van der Waals surface area contributed by atoms with Crippen LogP contribution in [-0.4, -0.2) is 11.1 Å². The highest BCUT2D eigenvalue weighted by Gasteiger charge is 2.10. The van der Waals surface area contributed by atoms with Crippen molar-refractivity contribution in [1.82, 2.24) is 0 Å². The molecule has 76 valence electrons. The number of benzene rings is 1. The van der Waals surface area contributed by atoms with Gasteiger partial charge in [-0.05, 0) is 17.5 Å². The predicted molar refractivity (Wildman–Crippen MR) is 54.8 cm³/mol.